The Morgan fingerprint density at radius 1 is 1.04 bits per heavy atom. The maximum Gasteiger partial charge on any atom is 0.226 e. The number of rotatable bonds is 5. The van der Waals surface area contributed by atoms with Crippen LogP contribution in [0, 0.1) is 6.92 Å². The average molecular weight is 359 g/mol. The van der Waals surface area contributed by atoms with Gasteiger partial charge in [-0.05, 0) is 30.7 Å². The number of carbonyl (C=O) groups is 1. The topological polar surface area (TPSA) is 32.8 Å². The smallest absolute Gasteiger partial charge is 0.226 e. The van der Waals surface area contributed by atoms with Crippen molar-refractivity contribution in [3.8, 4) is 5.75 Å². The van der Waals surface area contributed by atoms with Crippen LogP contribution in [0.5, 0.6) is 5.75 Å². The molecule has 5 heteroatoms. The lowest BCUT2D eigenvalue weighted by Crippen LogP contribution is -2.49. The number of para-hydroxylation sites is 2. The second kappa shape index (κ2) is 8.26. The highest BCUT2D eigenvalue weighted by Crippen LogP contribution is 2.26. The fourth-order valence-corrected chi connectivity index (χ4v) is 3.28. The number of aryl methyl sites for hydroxylation is 1. The minimum atomic E-state index is 0.146. The molecule has 132 valence electrons. The van der Waals surface area contributed by atoms with Crippen molar-refractivity contribution in [2.45, 2.75) is 13.3 Å². The van der Waals surface area contributed by atoms with E-state index in [-0.39, 0.29) is 5.91 Å². The van der Waals surface area contributed by atoms with E-state index in [2.05, 4.69) is 4.90 Å². The first-order valence-corrected chi connectivity index (χ1v) is 8.98. The number of nitrogens with zero attached hydrogens (tertiary/aromatic N) is 2. The summed E-state index contributed by atoms with van der Waals surface area (Å²) in [6, 6.07) is 15.7. The minimum absolute atomic E-state index is 0.146. The molecule has 1 fully saturated rings. The molecule has 3 rings (SSSR count). The SMILES string of the molecule is Cc1ccccc1OCCC(=O)N1CCN(c2ccccc2Cl)CC1. The first kappa shape index (κ1) is 17.6. The molecule has 0 bridgehead atoms. The molecule has 1 aliphatic heterocycles. The van der Waals surface area contributed by atoms with Crippen LogP contribution in [0.4, 0.5) is 5.69 Å². The molecule has 0 aliphatic carbocycles. The van der Waals surface area contributed by atoms with E-state index in [0.29, 0.717) is 26.1 Å². The van der Waals surface area contributed by atoms with Crippen LogP contribution in [0.15, 0.2) is 48.5 Å². The van der Waals surface area contributed by atoms with E-state index in [9.17, 15) is 4.79 Å². The third-order valence-corrected chi connectivity index (χ3v) is 4.81. The van der Waals surface area contributed by atoms with Gasteiger partial charge in [-0.25, -0.2) is 0 Å². The van der Waals surface area contributed by atoms with Crippen LogP contribution in [0.1, 0.15) is 12.0 Å². The van der Waals surface area contributed by atoms with Crippen molar-refractivity contribution in [3.05, 3.63) is 59.1 Å². The molecule has 0 aromatic heterocycles. The fraction of sp³-hybridized carbons (Fsp3) is 0.350. The highest BCUT2D eigenvalue weighted by atomic mass is 35.5. The third-order valence-electron chi connectivity index (χ3n) is 4.49. The standard InChI is InChI=1S/C20H23ClN2O2/c1-16-6-2-5-9-19(16)25-15-10-20(24)23-13-11-22(12-14-23)18-8-4-3-7-17(18)21/h2-9H,10-15H2,1H3. The number of benzene rings is 2. The van der Waals surface area contributed by atoms with Gasteiger partial charge in [0.15, 0.2) is 0 Å². The van der Waals surface area contributed by atoms with Crippen LogP contribution in [0.25, 0.3) is 0 Å². The highest BCUT2D eigenvalue weighted by Gasteiger charge is 2.22. The number of amides is 1. The summed E-state index contributed by atoms with van der Waals surface area (Å²) in [7, 11) is 0. The van der Waals surface area contributed by atoms with Crippen LogP contribution >= 0.6 is 11.6 Å². The molecule has 4 nitrogen and oxygen atoms in total. The number of halogens is 1. The molecule has 1 aliphatic rings. The van der Waals surface area contributed by atoms with Crippen molar-refractivity contribution in [2.75, 3.05) is 37.7 Å². The predicted molar refractivity (Wildman–Crippen MR) is 102 cm³/mol. The summed E-state index contributed by atoms with van der Waals surface area (Å²) in [4.78, 5) is 16.5. The third kappa shape index (κ3) is 4.45. The Morgan fingerprint density at radius 3 is 2.44 bits per heavy atom. The van der Waals surface area contributed by atoms with Gasteiger partial charge in [0.05, 0.1) is 23.7 Å². The molecule has 0 spiro atoms. The summed E-state index contributed by atoms with van der Waals surface area (Å²) < 4.78 is 5.73. The monoisotopic (exact) mass is 358 g/mol. The highest BCUT2D eigenvalue weighted by molar-refractivity contribution is 6.33. The van der Waals surface area contributed by atoms with E-state index in [1.807, 2.05) is 60.4 Å². The Bertz CT molecular complexity index is 727. The van der Waals surface area contributed by atoms with Gasteiger partial charge in [-0.3, -0.25) is 4.79 Å². The lowest BCUT2D eigenvalue weighted by molar-refractivity contribution is -0.132. The van der Waals surface area contributed by atoms with Gasteiger partial charge < -0.3 is 14.5 Å². The Balaban J connectivity index is 1.46. The van der Waals surface area contributed by atoms with Crippen LogP contribution < -0.4 is 9.64 Å². The molecule has 2 aromatic rings. The number of hydrogen-bond donors (Lipinski definition) is 0. The first-order valence-electron chi connectivity index (χ1n) is 8.61. The summed E-state index contributed by atoms with van der Waals surface area (Å²) in [5, 5.41) is 0.758. The number of piperazine rings is 1. The van der Waals surface area contributed by atoms with Gasteiger partial charge in [-0.2, -0.15) is 0 Å². The number of carbonyl (C=O) groups excluding carboxylic acids is 1. The van der Waals surface area contributed by atoms with E-state index in [4.69, 9.17) is 16.3 Å². The second-order valence-electron chi connectivity index (χ2n) is 6.18. The van der Waals surface area contributed by atoms with E-state index in [1.54, 1.807) is 0 Å². The Labute approximate surface area is 154 Å². The van der Waals surface area contributed by atoms with Gasteiger partial charge in [-0.15, -0.1) is 0 Å². The van der Waals surface area contributed by atoms with Crippen LogP contribution in [-0.4, -0.2) is 43.6 Å². The summed E-state index contributed by atoms with van der Waals surface area (Å²) in [6.45, 7) is 5.45. The molecule has 0 N–H and O–H groups in total. The van der Waals surface area contributed by atoms with Crippen molar-refractivity contribution in [3.63, 3.8) is 0 Å². The van der Waals surface area contributed by atoms with Crippen LogP contribution in [0.3, 0.4) is 0 Å². The summed E-state index contributed by atoms with van der Waals surface area (Å²) in [5.74, 6) is 0.992. The van der Waals surface area contributed by atoms with Gasteiger partial charge in [0.25, 0.3) is 0 Å². The van der Waals surface area contributed by atoms with E-state index in [0.717, 1.165) is 35.1 Å². The average Bonchev–Trinajstić information content (AvgIpc) is 2.64. The number of anilines is 1. The molecule has 1 amide bonds. The minimum Gasteiger partial charge on any atom is -0.493 e. The van der Waals surface area contributed by atoms with Gasteiger partial charge in [0.2, 0.25) is 5.91 Å². The van der Waals surface area contributed by atoms with Crippen molar-refractivity contribution in [1.82, 2.24) is 4.90 Å². The normalized spacial score (nSPS) is 14.5. The van der Waals surface area contributed by atoms with Crippen molar-refractivity contribution >= 4 is 23.2 Å². The largest absolute Gasteiger partial charge is 0.493 e. The molecule has 0 unspecified atom stereocenters. The first-order chi connectivity index (χ1) is 12.1. The number of ether oxygens (including phenoxy) is 1. The zero-order valence-corrected chi connectivity index (χ0v) is 15.2. The lowest BCUT2D eigenvalue weighted by atomic mass is 10.2. The quantitative estimate of drug-likeness (QED) is 0.815. The van der Waals surface area contributed by atoms with E-state index in [1.165, 1.54) is 0 Å². The van der Waals surface area contributed by atoms with E-state index >= 15 is 0 Å². The van der Waals surface area contributed by atoms with Crippen molar-refractivity contribution in [2.24, 2.45) is 0 Å². The van der Waals surface area contributed by atoms with Gasteiger partial charge in [-0.1, -0.05) is 41.9 Å². The molecule has 1 heterocycles. The molecular formula is C20H23ClN2O2. The molecular weight excluding hydrogens is 336 g/mol. The molecule has 2 aromatic carbocycles. The van der Waals surface area contributed by atoms with Crippen LogP contribution in [0.2, 0.25) is 5.02 Å². The maximum absolute atomic E-state index is 12.4. The zero-order valence-electron chi connectivity index (χ0n) is 14.5. The molecule has 0 radical (unpaired) electrons. The lowest BCUT2D eigenvalue weighted by Gasteiger charge is -2.36. The van der Waals surface area contributed by atoms with Gasteiger partial charge in [0.1, 0.15) is 5.75 Å². The van der Waals surface area contributed by atoms with E-state index < -0.39 is 0 Å². The molecule has 0 saturated carbocycles. The fourth-order valence-electron chi connectivity index (χ4n) is 3.03. The Kier molecular flexibility index (Phi) is 5.82. The maximum atomic E-state index is 12.4. The zero-order chi connectivity index (χ0) is 17.6. The predicted octanol–water partition coefficient (Wildman–Crippen LogP) is 3.77. The van der Waals surface area contributed by atoms with Crippen molar-refractivity contribution in [1.29, 1.82) is 0 Å². The summed E-state index contributed by atoms with van der Waals surface area (Å²) >= 11 is 6.26. The summed E-state index contributed by atoms with van der Waals surface area (Å²) in [5.41, 5.74) is 2.13. The summed E-state index contributed by atoms with van der Waals surface area (Å²) in [6.07, 6.45) is 0.403. The molecule has 25 heavy (non-hydrogen) atoms. The molecule has 0 atom stereocenters. The Morgan fingerprint density at radius 2 is 1.72 bits per heavy atom. The van der Waals surface area contributed by atoms with Crippen molar-refractivity contribution < 1.29 is 9.53 Å². The number of hydrogen-bond acceptors (Lipinski definition) is 3. The second-order valence-corrected chi connectivity index (χ2v) is 6.59. The van der Waals surface area contributed by atoms with Gasteiger partial charge >= 0.3 is 0 Å². The Hall–Kier alpha value is -2.20. The molecule has 1 saturated heterocycles. The van der Waals surface area contributed by atoms with Crippen LogP contribution in [-0.2, 0) is 4.79 Å². The van der Waals surface area contributed by atoms with Gasteiger partial charge in [0, 0.05) is 26.2 Å².